The van der Waals surface area contributed by atoms with Crippen LogP contribution in [0.1, 0.15) is 64.5 Å². The molecule has 0 unspecified atom stereocenters. The van der Waals surface area contributed by atoms with E-state index in [1.54, 1.807) is 0 Å². The average Bonchev–Trinajstić information content (AvgIpc) is 2.42. The van der Waals surface area contributed by atoms with Crippen molar-refractivity contribution < 1.29 is 0 Å². The molecule has 0 aromatic heterocycles. The largest absolute Gasteiger partial charge is 0.0810 e. The summed E-state index contributed by atoms with van der Waals surface area (Å²) in [5.41, 5.74) is 5.46. The molecule has 1 aromatic carbocycles. The lowest BCUT2D eigenvalue weighted by molar-refractivity contribution is 0.959. The van der Waals surface area contributed by atoms with Crippen molar-refractivity contribution >= 4 is 11.1 Å². The van der Waals surface area contributed by atoms with Gasteiger partial charge in [-0.05, 0) is 49.0 Å². The van der Waals surface area contributed by atoms with Gasteiger partial charge in [0.25, 0.3) is 0 Å². The van der Waals surface area contributed by atoms with Gasteiger partial charge in [0.15, 0.2) is 0 Å². The van der Waals surface area contributed by atoms with Crippen molar-refractivity contribution in [3.05, 3.63) is 47.5 Å². The molecule has 0 saturated heterocycles. The first-order valence-electron chi connectivity index (χ1n) is 7.13. The third-order valence-corrected chi connectivity index (χ3v) is 3.27. The minimum absolute atomic E-state index is 1.17. The Labute approximate surface area is 112 Å². The molecule has 0 heteroatoms. The molecule has 0 heterocycles. The van der Waals surface area contributed by atoms with Gasteiger partial charge in [-0.3, -0.25) is 0 Å². The van der Waals surface area contributed by atoms with Gasteiger partial charge < -0.3 is 0 Å². The molecule has 18 heavy (non-hydrogen) atoms. The quantitative estimate of drug-likeness (QED) is 0.566. The summed E-state index contributed by atoms with van der Waals surface area (Å²) in [6, 6.07) is 8.94. The summed E-state index contributed by atoms with van der Waals surface area (Å²) in [6.07, 6.45) is 9.43. The second-order valence-electron chi connectivity index (χ2n) is 4.93. The maximum Gasteiger partial charge on any atom is -0.0230 e. The molecule has 0 fully saturated rings. The van der Waals surface area contributed by atoms with E-state index in [1.165, 1.54) is 48.0 Å². The van der Waals surface area contributed by atoms with Gasteiger partial charge in [0.2, 0.25) is 0 Å². The second kappa shape index (κ2) is 7.92. The summed E-state index contributed by atoms with van der Waals surface area (Å²) in [6.45, 7) is 8.83. The van der Waals surface area contributed by atoms with Crippen LogP contribution < -0.4 is 0 Å². The highest BCUT2D eigenvalue weighted by Gasteiger charge is 1.98. The summed E-state index contributed by atoms with van der Waals surface area (Å²) in [5, 5.41) is 0. The number of rotatable bonds is 6. The van der Waals surface area contributed by atoms with E-state index in [1.807, 2.05) is 0 Å². The number of hydrogen-bond donors (Lipinski definition) is 0. The van der Waals surface area contributed by atoms with E-state index in [2.05, 4.69) is 64.1 Å². The second-order valence-corrected chi connectivity index (χ2v) is 4.93. The molecule has 0 aliphatic rings. The summed E-state index contributed by atoms with van der Waals surface area (Å²) >= 11 is 0. The van der Waals surface area contributed by atoms with Gasteiger partial charge >= 0.3 is 0 Å². The molecule has 1 rings (SSSR count). The van der Waals surface area contributed by atoms with Crippen LogP contribution in [0.3, 0.4) is 0 Å². The van der Waals surface area contributed by atoms with Crippen LogP contribution in [0.2, 0.25) is 0 Å². The lowest BCUT2D eigenvalue weighted by Crippen LogP contribution is -1.84. The Kier molecular flexibility index (Phi) is 6.49. The van der Waals surface area contributed by atoms with Crippen molar-refractivity contribution in [1.29, 1.82) is 0 Å². The SMILES string of the molecule is CCC/C=C(\C)c1ccc(/C(C)=C/CCC)cc1. The van der Waals surface area contributed by atoms with Gasteiger partial charge in [-0.2, -0.15) is 0 Å². The van der Waals surface area contributed by atoms with Crippen LogP contribution in [-0.4, -0.2) is 0 Å². The molecule has 0 atom stereocenters. The lowest BCUT2D eigenvalue weighted by atomic mass is 10.0. The van der Waals surface area contributed by atoms with Crippen molar-refractivity contribution in [2.45, 2.75) is 53.4 Å². The Morgan fingerprint density at radius 1 is 0.778 bits per heavy atom. The van der Waals surface area contributed by atoms with Gasteiger partial charge in [-0.1, -0.05) is 63.1 Å². The Hall–Kier alpha value is -1.30. The Balaban J connectivity index is 2.79. The zero-order valence-electron chi connectivity index (χ0n) is 12.3. The van der Waals surface area contributed by atoms with E-state index in [4.69, 9.17) is 0 Å². The van der Waals surface area contributed by atoms with E-state index in [0.29, 0.717) is 0 Å². The average molecular weight is 242 g/mol. The van der Waals surface area contributed by atoms with Crippen LogP contribution in [0.15, 0.2) is 36.4 Å². The third kappa shape index (κ3) is 4.52. The number of hydrogen-bond acceptors (Lipinski definition) is 0. The fourth-order valence-electron chi connectivity index (χ4n) is 1.95. The molecular formula is C18H26. The highest BCUT2D eigenvalue weighted by Crippen LogP contribution is 2.20. The van der Waals surface area contributed by atoms with E-state index in [-0.39, 0.29) is 0 Å². The van der Waals surface area contributed by atoms with Crippen molar-refractivity contribution in [1.82, 2.24) is 0 Å². The third-order valence-electron chi connectivity index (χ3n) is 3.27. The Bertz CT molecular complexity index is 363. The topological polar surface area (TPSA) is 0 Å². The predicted octanol–water partition coefficient (Wildman–Crippen LogP) is 6.09. The maximum atomic E-state index is 2.33. The molecule has 0 nitrogen and oxygen atoms in total. The minimum Gasteiger partial charge on any atom is -0.0810 e. The first-order chi connectivity index (χ1) is 8.69. The van der Waals surface area contributed by atoms with E-state index in [0.717, 1.165) is 0 Å². The highest BCUT2D eigenvalue weighted by atomic mass is 14.0. The standard InChI is InChI=1S/C18H26/c1-5-7-9-15(3)17-11-13-18(14-12-17)16(4)10-8-6-2/h9-14H,5-8H2,1-4H3/b15-9+,16-10+. The zero-order chi connectivity index (χ0) is 13.4. The molecule has 98 valence electrons. The van der Waals surface area contributed by atoms with Crippen LogP contribution in [0.5, 0.6) is 0 Å². The normalized spacial score (nSPS) is 12.9. The summed E-state index contributed by atoms with van der Waals surface area (Å²) < 4.78 is 0. The lowest BCUT2D eigenvalue weighted by Gasteiger charge is -2.05. The zero-order valence-corrected chi connectivity index (χ0v) is 12.3. The summed E-state index contributed by atoms with van der Waals surface area (Å²) in [7, 11) is 0. The number of unbranched alkanes of at least 4 members (excludes halogenated alkanes) is 2. The summed E-state index contributed by atoms with van der Waals surface area (Å²) in [5.74, 6) is 0. The predicted molar refractivity (Wildman–Crippen MR) is 83.6 cm³/mol. The molecule has 0 aliphatic heterocycles. The Morgan fingerprint density at radius 2 is 1.11 bits per heavy atom. The van der Waals surface area contributed by atoms with E-state index >= 15 is 0 Å². The first-order valence-corrected chi connectivity index (χ1v) is 7.13. The Morgan fingerprint density at radius 3 is 1.39 bits per heavy atom. The molecule has 0 amide bonds. The first kappa shape index (κ1) is 14.8. The maximum absolute atomic E-state index is 2.33. The fraction of sp³-hybridized carbons (Fsp3) is 0.444. The number of allylic oxidation sites excluding steroid dienone is 4. The van der Waals surface area contributed by atoms with Gasteiger partial charge in [0, 0.05) is 0 Å². The van der Waals surface area contributed by atoms with E-state index < -0.39 is 0 Å². The summed E-state index contributed by atoms with van der Waals surface area (Å²) in [4.78, 5) is 0. The number of benzene rings is 1. The van der Waals surface area contributed by atoms with Crippen molar-refractivity contribution in [2.24, 2.45) is 0 Å². The van der Waals surface area contributed by atoms with Crippen LogP contribution in [0, 0.1) is 0 Å². The van der Waals surface area contributed by atoms with Crippen molar-refractivity contribution in [2.75, 3.05) is 0 Å². The molecule has 0 N–H and O–H groups in total. The van der Waals surface area contributed by atoms with Crippen molar-refractivity contribution in [3.8, 4) is 0 Å². The molecule has 0 radical (unpaired) electrons. The van der Waals surface area contributed by atoms with Crippen LogP contribution in [0.25, 0.3) is 11.1 Å². The van der Waals surface area contributed by atoms with Crippen LogP contribution in [-0.2, 0) is 0 Å². The molecule has 0 aliphatic carbocycles. The fourth-order valence-corrected chi connectivity index (χ4v) is 1.95. The smallest absolute Gasteiger partial charge is 0.0230 e. The molecule has 1 aromatic rings. The van der Waals surface area contributed by atoms with Gasteiger partial charge in [0.05, 0.1) is 0 Å². The minimum atomic E-state index is 1.17. The van der Waals surface area contributed by atoms with Gasteiger partial charge in [-0.25, -0.2) is 0 Å². The van der Waals surface area contributed by atoms with E-state index in [9.17, 15) is 0 Å². The highest BCUT2D eigenvalue weighted by molar-refractivity contribution is 5.68. The molecular weight excluding hydrogens is 216 g/mol. The van der Waals surface area contributed by atoms with Gasteiger partial charge in [0.1, 0.15) is 0 Å². The van der Waals surface area contributed by atoms with Gasteiger partial charge in [-0.15, -0.1) is 0 Å². The van der Waals surface area contributed by atoms with Crippen LogP contribution in [0.4, 0.5) is 0 Å². The molecule has 0 spiro atoms. The monoisotopic (exact) mass is 242 g/mol. The molecule has 0 saturated carbocycles. The van der Waals surface area contributed by atoms with Crippen molar-refractivity contribution in [3.63, 3.8) is 0 Å². The van der Waals surface area contributed by atoms with Crippen LogP contribution >= 0.6 is 0 Å². The molecule has 0 bridgehead atoms.